The summed E-state index contributed by atoms with van der Waals surface area (Å²) < 4.78 is 5.43. The molecular formula is C18H23NO. The van der Waals surface area contributed by atoms with E-state index in [1.807, 2.05) is 19.2 Å². The molecule has 0 aliphatic rings. The third-order valence-electron chi connectivity index (χ3n) is 3.68. The SMILES string of the molecule is CNCC(CCc1ccccc1OC)c1ccccc1. The zero-order valence-corrected chi connectivity index (χ0v) is 12.3. The fourth-order valence-corrected chi connectivity index (χ4v) is 2.60. The highest BCUT2D eigenvalue weighted by atomic mass is 16.5. The summed E-state index contributed by atoms with van der Waals surface area (Å²) >= 11 is 0. The maximum absolute atomic E-state index is 5.43. The lowest BCUT2D eigenvalue weighted by atomic mass is 9.92. The van der Waals surface area contributed by atoms with Gasteiger partial charge in [-0.15, -0.1) is 0 Å². The van der Waals surface area contributed by atoms with Crippen molar-refractivity contribution in [3.05, 3.63) is 65.7 Å². The molecule has 0 fully saturated rings. The molecule has 0 bridgehead atoms. The fourth-order valence-electron chi connectivity index (χ4n) is 2.60. The van der Waals surface area contributed by atoms with Crippen molar-refractivity contribution in [1.29, 1.82) is 0 Å². The molecule has 2 nitrogen and oxygen atoms in total. The first-order valence-electron chi connectivity index (χ1n) is 7.16. The van der Waals surface area contributed by atoms with Gasteiger partial charge in [0.15, 0.2) is 0 Å². The van der Waals surface area contributed by atoms with Crippen molar-refractivity contribution in [1.82, 2.24) is 5.32 Å². The van der Waals surface area contributed by atoms with Crippen molar-refractivity contribution in [3.8, 4) is 5.75 Å². The predicted octanol–water partition coefficient (Wildman–Crippen LogP) is 3.63. The molecule has 1 atom stereocenters. The van der Waals surface area contributed by atoms with E-state index in [1.54, 1.807) is 7.11 Å². The van der Waals surface area contributed by atoms with Gasteiger partial charge in [0, 0.05) is 6.54 Å². The Morgan fingerprint density at radius 2 is 1.70 bits per heavy atom. The minimum Gasteiger partial charge on any atom is -0.496 e. The molecule has 0 heterocycles. The lowest BCUT2D eigenvalue weighted by molar-refractivity contribution is 0.408. The highest BCUT2D eigenvalue weighted by molar-refractivity contribution is 5.33. The van der Waals surface area contributed by atoms with Crippen LogP contribution in [0, 0.1) is 0 Å². The Kier molecular flexibility index (Phi) is 5.63. The van der Waals surface area contributed by atoms with Gasteiger partial charge in [-0.05, 0) is 43.0 Å². The smallest absolute Gasteiger partial charge is 0.122 e. The third-order valence-corrected chi connectivity index (χ3v) is 3.68. The van der Waals surface area contributed by atoms with Crippen LogP contribution >= 0.6 is 0 Å². The number of nitrogens with one attached hydrogen (secondary N) is 1. The molecule has 0 aliphatic heterocycles. The summed E-state index contributed by atoms with van der Waals surface area (Å²) in [5.74, 6) is 1.52. The molecule has 2 rings (SSSR count). The van der Waals surface area contributed by atoms with Gasteiger partial charge in [0.1, 0.15) is 5.75 Å². The van der Waals surface area contributed by atoms with E-state index in [0.717, 1.165) is 25.1 Å². The molecule has 0 aromatic heterocycles. The van der Waals surface area contributed by atoms with Gasteiger partial charge in [0.2, 0.25) is 0 Å². The van der Waals surface area contributed by atoms with Gasteiger partial charge in [0.05, 0.1) is 7.11 Å². The lowest BCUT2D eigenvalue weighted by Gasteiger charge is -2.18. The van der Waals surface area contributed by atoms with Crippen molar-refractivity contribution < 1.29 is 4.74 Å². The Balaban J connectivity index is 2.06. The van der Waals surface area contributed by atoms with Crippen LogP contribution in [0.1, 0.15) is 23.5 Å². The van der Waals surface area contributed by atoms with E-state index in [4.69, 9.17) is 4.74 Å². The summed E-state index contributed by atoms with van der Waals surface area (Å²) in [6, 6.07) is 19.0. The molecule has 1 unspecified atom stereocenters. The average molecular weight is 269 g/mol. The first-order valence-corrected chi connectivity index (χ1v) is 7.16. The van der Waals surface area contributed by atoms with E-state index in [9.17, 15) is 0 Å². The Morgan fingerprint density at radius 3 is 2.40 bits per heavy atom. The Hall–Kier alpha value is -1.80. The number of hydrogen-bond donors (Lipinski definition) is 1. The van der Waals surface area contributed by atoms with E-state index in [-0.39, 0.29) is 0 Å². The molecule has 2 aromatic rings. The Bertz CT molecular complexity index is 510. The zero-order chi connectivity index (χ0) is 14.2. The summed E-state index contributed by atoms with van der Waals surface area (Å²) in [6.45, 7) is 0.999. The lowest BCUT2D eigenvalue weighted by Crippen LogP contribution is -2.18. The van der Waals surface area contributed by atoms with E-state index in [2.05, 4.69) is 47.8 Å². The van der Waals surface area contributed by atoms with Gasteiger partial charge in [-0.1, -0.05) is 48.5 Å². The molecule has 2 heteroatoms. The Morgan fingerprint density at radius 1 is 1.00 bits per heavy atom. The topological polar surface area (TPSA) is 21.3 Å². The van der Waals surface area contributed by atoms with Crippen LogP contribution in [0.2, 0.25) is 0 Å². The van der Waals surface area contributed by atoms with E-state index < -0.39 is 0 Å². The molecule has 0 aliphatic carbocycles. The molecule has 0 radical (unpaired) electrons. The average Bonchev–Trinajstić information content (AvgIpc) is 2.52. The standard InChI is InChI=1S/C18H23NO/c1-19-14-17(15-8-4-3-5-9-15)13-12-16-10-6-7-11-18(16)20-2/h3-11,17,19H,12-14H2,1-2H3. The summed E-state index contributed by atoms with van der Waals surface area (Å²) in [5.41, 5.74) is 2.68. The van der Waals surface area contributed by atoms with Crippen LogP contribution in [0.3, 0.4) is 0 Å². The molecule has 1 N–H and O–H groups in total. The summed E-state index contributed by atoms with van der Waals surface area (Å²) in [7, 11) is 3.75. The predicted molar refractivity (Wildman–Crippen MR) is 84.4 cm³/mol. The minimum absolute atomic E-state index is 0.533. The monoisotopic (exact) mass is 269 g/mol. The highest BCUT2D eigenvalue weighted by Gasteiger charge is 2.11. The van der Waals surface area contributed by atoms with Crippen molar-refractivity contribution in [2.45, 2.75) is 18.8 Å². The zero-order valence-electron chi connectivity index (χ0n) is 12.3. The van der Waals surface area contributed by atoms with Gasteiger partial charge < -0.3 is 10.1 Å². The van der Waals surface area contributed by atoms with Gasteiger partial charge in [-0.2, -0.15) is 0 Å². The van der Waals surface area contributed by atoms with Crippen molar-refractivity contribution in [2.24, 2.45) is 0 Å². The summed E-state index contributed by atoms with van der Waals surface area (Å²) in [5, 5.41) is 3.30. The van der Waals surface area contributed by atoms with Crippen molar-refractivity contribution in [2.75, 3.05) is 20.7 Å². The van der Waals surface area contributed by atoms with Crippen LogP contribution in [0.5, 0.6) is 5.75 Å². The molecule has 0 spiro atoms. The largest absolute Gasteiger partial charge is 0.496 e. The van der Waals surface area contributed by atoms with Crippen molar-refractivity contribution in [3.63, 3.8) is 0 Å². The first kappa shape index (κ1) is 14.6. The van der Waals surface area contributed by atoms with Gasteiger partial charge in [0.25, 0.3) is 0 Å². The molecular weight excluding hydrogens is 246 g/mol. The second-order valence-corrected chi connectivity index (χ2v) is 5.02. The number of rotatable bonds is 7. The number of para-hydroxylation sites is 1. The van der Waals surface area contributed by atoms with Crippen LogP contribution in [0.15, 0.2) is 54.6 Å². The maximum Gasteiger partial charge on any atom is 0.122 e. The first-order chi connectivity index (χ1) is 9.85. The van der Waals surface area contributed by atoms with Crippen LogP contribution < -0.4 is 10.1 Å². The van der Waals surface area contributed by atoms with Crippen LogP contribution in [0.4, 0.5) is 0 Å². The number of ether oxygens (including phenoxy) is 1. The maximum atomic E-state index is 5.43. The number of methoxy groups -OCH3 is 1. The summed E-state index contributed by atoms with van der Waals surface area (Å²) in [4.78, 5) is 0. The molecule has 0 saturated heterocycles. The van der Waals surface area contributed by atoms with Crippen LogP contribution in [-0.4, -0.2) is 20.7 Å². The van der Waals surface area contributed by atoms with E-state index >= 15 is 0 Å². The van der Waals surface area contributed by atoms with Crippen LogP contribution in [0.25, 0.3) is 0 Å². The van der Waals surface area contributed by atoms with E-state index in [1.165, 1.54) is 11.1 Å². The number of benzene rings is 2. The van der Waals surface area contributed by atoms with Gasteiger partial charge >= 0.3 is 0 Å². The van der Waals surface area contributed by atoms with Gasteiger partial charge in [-0.3, -0.25) is 0 Å². The quantitative estimate of drug-likeness (QED) is 0.828. The Labute approximate surface area is 121 Å². The molecule has 0 saturated carbocycles. The van der Waals surface area contributed by atoms with Crippen molar-refractivity contribution >= 4 is 0 Å². The number of aryl methyl sites for hydroxylation is 1. The second kappa shape index (κ2) is 7.71. The van der Waals surface area contributed by atoms with Gasteiger partial charge in [-0.25, -0.2) is 0 Å². The molecule has 106 valence electrons. The highest BCUT2D eigenvalue weighted by Crippen LogP contribution is 2.25. The molecule has 0 amide bonds. The third kappa shape index (κ3) is 3.84. The normalized spacial score (nSPS) is 12.1. The fraction of sp³-hybridized carbons (Fsp3) is 0.333. The summed E-state index contributed by atoms with van der Waals surface area (Å²) in [6.07, 6.45) is 2.15. The number of hydrogen-bond acceptors (Lipinski definition) is 2. The minimum atomic E-state index is 0.533. The second-order valence-electron chi connectivity index (χ2n) is 5.02. The molecule has 20 heavy (non-hydrogen) atoms. The van der Waals surface area contributed by atoms with E-state index in [0.29, 0.717) is 5.92 Å². The number of likely N-dealkylation sites (N-methyl/N-ethyl adjacent to an activating group) is 1. The molecule has 2 aromatic carbocycles. The van der Waals surface area contributed by atoms with Crippen LogP contribution in [-0.2, 0) is 6.42 Å².